The van der Waals surface area contributed by atoms with Gasteiger partial charge >= 0.3 is 0 Å². The van der Waals surface area contributed by atoms with E-state index in [1.807, 2.05) is 12.1 Å². The molecule has 3 unspecified atom stereocenters. The monoisotopic (exact) mass is 354 g/mol. The lowest BCUT2D eigenvalue weighted by Crippen LogP contribution is -2.22. The number of hydrogen-bond donors (Lipinski definition) is 1. The standard InChI is InChI=1S/C17H23BrO3/c1-2-11-4-3-5-12(8-11)16(19)13-9-14(18)17-15(10-13)20-6-7-21-17/h9-12,16,19H,2-8H2,1H3. The van der Waals surface area contributed by atoms with Gasteiger partial charge in [0.25, 0.3) is 0 Å². The number of rotatable bonds is 3. The van der Waals surface area contributed by atoms with Gasteiger partial charge in [0.05, 0.1) is 10.6 Å². The van der Waals surface area contributed by atoms with Gasteiger partial charge in [0, 0.05) is 0 Å². The minimum atomic E-state index is -0.411. The molecule has 0 bridgehead atoms. The molecule has 0 saturated heterocycles. The zero-order valence-electron chi connectivity index (χ0n) is 12.5. The Hall–Kier alpha value is -0.740. The molecular weight excluding hydrogens is 332 g/mol. The van der Waals surface area contributed by atoms with E-state index in [0.717, 1.165) is 40.3 Å². The van der Waals surface area contributed by atoms with Crippen molar-refractivity contribution in [1.29, 1.82) is 0 Å². The van der Waals surface area contributed by atoms with Crippen LogP contribution in [0, 0.1) is 11.8 Å². The second-order valence-electron chi connectivity index (χ2n) is 6.17. The van der Waals surface area contributed by atoms with Gasteiger partial charge in [-0.15, -0.1) is 0 Å². The molecule has 3 rings (SSSR count). The van der Waals surface area contributed by atoms with Gasteiger partial charge in [-0.1, -0.05) is 26.2 Å². The SMILES string of the molecule is CCC1CCCC(C(O)c2cc(Br)c3c(c2)OCCO3)C1. The van der Waals surface area contributed by atoms with E-state index in [2.05, 4.69) is 22.9 Å². The third kappa shape index (κ3) is 3.21. The first-order chi connectivity index (χ1) is 10.2. The lowest BCUT2D eigenvalue weighted by atomic mass is 9.76. The van der Waals surface area contributed by atoms with Crippen LogP contribution in [0.15, 0.2) is 16.6 Å². The molecule has 1 saturated carbocycles. The van der Waals surface area contributed by atoms with Crippen LogP contribution in [0.25, 0.3) is 0 Å². The summed E-state index contributed by atoms with van der Waals surface area (Å²) in [7, 11) is 0. The van der Waals surface area contributed by atoms with E-state index in [1.165, 1.54) is 19.3 Å². The van der Waals surface area contributed by atoms with Crippen molar-refractivity contribution in [2.24, 2.45) is 11.8 Å². The Labute approximate surface area is 134 Å². The summed E-state index contributed by atoms with van der Waals surface area (Å²) in [6, 6.07) is 3.92. The number of ether oxygens (including phenoxy) is 2. The molecule has 1 N–H and O–H groups in total. The Morgan fingerprint density at radius 3 is 2.90 bits per heavy atom. The molecule has 1 heterocycles. The number of hydrogen-bond acceptors (Lipinski definition) is 3. The van der Waals surface area contributed by atoms with Crippen LogP contribution in [0.4, 0.5) is 0 Å². The van der Waals surface area contributed by atoms with Gasteiger partial charge in [0.15, 0.2) is 11.5 Å². The summed E-state index contributed by atoms with van der Waals surface area (Å²) >= 11 is 3.53. The highest BCUT2D eigenvalue weighted by Gasteiger charge is 2.29. The summed E-state index contributed by atoms with van der Waals surface area (Å²) in [4.78, 5) is 0. The first-order valence-electron chi connectivity index (χ1n) is 7.96. The van der Waals surface area contributed by atoms with Gasteiger partial charge in [-0.25, -0.2) is 0 Å². The molecule has 2 aliphatic rings. The van der Waals surface area contributed by atoms with E-state index in [1.54, 1.807) is 0 Å². The Morgan fingerprint density at radius 2 is 2.10 bits per heavy atom. The second kappa shape index (κ2) is 6.57. The summed E-state index contributed by atoms with van der Waals surface area (Å²) in [5, 5.41) is 10.8. The molecule has 4 heteroatoms. The molecule has 0 amide bonds. The van der Waals surface area contributed by atoms with Crippen molar-refractivity contribution in [2.75, 3.05) is 13.2 Å². The average molecular weight is 355 g/mol. The number of fused-ring (bicyclic) bond motifs is 1. The van der Waals surface area contributed by atoms with Crippen molar-refractivity contribution in [3.8, 4) is 11.5 Å². The molecule has 1 aromatic rings. The maximum atomic E-state index is 10.8. The van der Waals surface area contributed by atoms with Gasteiger partial charge in [0.1, 0.15) is 13.2 Å². The van der Waals surface area contributed by atoms with Crippen molar-refractivity contribution >= 4 is 15.9 Å². The highest BCUT2D eigenvalue weighted by molar-refractivity contribution is 9.10. The fourth-order valence-electron chi connectivity index (χ4n) is 3.56. The largest absolute Gasteiger partial charge is 0.486 e. The average Bonchev–Trinajstić information content (AvgIpc) is 2.54. The lowest BCUT2D eigenvalue weighted by molar-refractivity contribution is 0.0671. The Morgan fingerprint density at radius 1 is 1.29 bits per heavy atom. The number of benzene rings is 1. The van der Waals surface area contributed by atoms with E-state index in [9.17, 15) is 5.11 Å². The number of aliphatic hydroxyl groups excluding tert-OH is 1. The van der Waals surface area contributed by atoms with E-state index in [4.69, 9.17) is 9.47 Å². The molecule has 1 aromatic carbocycles. The minimum Gasteiger partial charge on any atom is -0.486 e. The van der Waals surface area contributed by atoms with Crippen molar-refractivity contribution in [3.05, 3.63) is 22.2 Å². The van der Waals surface area contributed by atoms with Gasteiger partial charge in [-0.3, -0.25) is 0 Å². The van der Waals surface area contributed by atoms with Crippen LogP contribution >= 0.6 is 15.9 Å². The summed E-state index contributed by atoms with van der Waals surface area (Å²) in [6.07, 6.45) is 5.59. The third-order valence-corrected chi connectivity index (χ3v) is 5.40. The quantitative estimate of drug-likeness (QED) is 0.870. The van der Waals surface area contributed by atoms with Gasteiger partial charge < -0.3 is 14.6 Å². The van der Waals surface area contributed by atoms with E-state index < -0.39 is 6.10 Å². The molecule has 0 aromatic heterocycles. The minimum absolute atomic E-state index is 0.359. The van der Waals surface area contributed by atoms with Crippen LogP contribution in [-0.4, -0.2) is 18.3 Å². The Bertz CT molecular complexity index is 503. The molecule has 1 aliphatic heterocycles. The molecule has 1 fully saturated rings. The molecular formula is C17H23BrO3. The van der Waals surface area contributed by atoms with Gasteiger partial charge in [-0.05, 0) is 58.3 Å². The topological polar surface area (TPSA) is 38.7 Å². The molecule has 0 radical (unpaired) electrons. The predicted octanol–water partition coefficient (Wildman–Crippen LogP) is 4.47. The van der Waals surface area contributed by atoms with Crippen LogP contribution in [-0.2, 0) is 0 Å². The van der Waals surface area contributed by atoms with Gasteiger partial charge in [-0.2, -0.15) is 0 Å². The highest BCUT2D eigenvalue weighted by atomic mass is 79.9. The summed E-state index contributed by atoms with van der Waals surface area (Å²) in [5.41, 5.74) is 0.938. The fourth-order valence-corrected chi connectivity index (χ4v) is 4.14. The van der Waals surface area contributed by atoms with Crippen molar-refractivity contribution < 1.29 is 14.6 Å². The van der Waals surface area contributed by atoms with Crippen LogP contribution in [0.2, 0.25) is 0 Å². The second-order valence-corrected chi connectivity index (χ2v) is 7.03. The van der Waals surface area contributed by atoms with Crippen LogP contribution in [0.5, 0.6) is 11.5 Å². The van der Waals surface area contributed by atoms with Crippen molar-refractivity contribution in [3.63, 3.8) is 0 Å². The smallest absolute Gasteiger partial charge is 0.175 e. The van der Waals surface area contributed by atoms with E-state index in [-0.39, 0.29) is 0 Å². The number of aliphatic hydroxyl groups is 1. The lowest BCUT2D eigenvalue weighted by Gasteiger charge is -2.32. The maximum Gasteiger partial charge on any atom is 0.175 e. The fraction of sp³-hybridized carbons (Fsp3) is 0.647. The summed E-state index contributed by atoms with van der Waals surface area (Å²) in [6.45, 7) is 3.40. The van der Waals surface area contributed by atoms with Crippen molar-refractivity contribution in [1.82, 2.24) is 0 Å². The molecule has 1 aliphatic carbocycles. The first-order valence-corrected chi connectivity index (χ1v) is 8.75. The molecule has 0 spiro atoms. The normalized spacial score (nSPS) is 26.4. The van der Waals surface area contributed by atoms with E-state index in [0.29, 0.717) is 19.1 Å². The maximum absolute atomic E-state index is 10.8. The third-order valence-electron chi connectivity index (χ3n) is 4.81. The Balaban J connectivity index is 1.81. The highest BCUT2D eigenvalue weighted by Crippen LogP contribution is 2.43. The van der Waals surface area contributed by atoms with Crippen molar-refractivity contribution in [2.45, 2.75) is 45.1 Å². The molecule has 3 nitrogen and oxygen atoms in total. The number of halogens is 1. The van der Waals surface area contributed by atoms with Crippen LogP contribution in [0.1, 0.15) is 50.7 Å². The summed E-state index contributed by atoms with van der Waals surface area (Å²) < 4.78 is 12.1. The van der Waals surface area contributed by atoms with Crippen LogP contribution in [0.3, 0.4) is 0 Å². The zero-order chi connectivity index (χ0) is 14.8. The Kier molecular flexibility index (Phi) is 4.75. The molecule has 21 heavy (non-hydrogen) atoms. The van der Waals surface area contributed by atoms with E-state index >= 15 is 0 Å². The van der Waals surface area contributed by atoms with Gasteiger partial charge in [0.2, 0.25) is 0 Å². The summed E-state index contributed by atoms with van der Waals surface area (Å²) in [5.74, 6) is 2.62. The molecule has 3 atom stereocenters. The van der Waals surface area contributed by atoms with Crippen LogP contribution < -0.4 is 9.47 Å². The zero-order valence-corrected chi connectivity index (χ0v) is 14.1. The first kappa shape index (κ1) is 15.2. The molecule has 116 valence electrons. The predicted molar refractivity (Wildman–Crippen MR) is 85.8 cm³/mol.